The number of rotatable bonds is 4. The molecule has 0 fully saturated rings. The second-order valence-corrected chi connectivity index (χ2v) is 11.3. The summed E-state index contributed by atoms with van der Waals surface area (Å²) in [7, 11) is 0. The molecule has 0 unspecified atom stereocenters. The fraction of sp³-hybridized carbons (Fsp3) is 0.0811. The molecule has 0 bridgehead atoms. The molecule has 188 valence electrons. The maximum absolute atomic E-state index is 2.45. The molecule has 7 aromatic rings. The molecule has 0 aliphatic carbocycles. The number of hydrogen-bond acceptors (Lipinski definition) is 1. The predicted octanol–water partition coefficient (Wildman–Crippen LogP) is 11.0. The number of aromatic nitrogens is 1. The lowest BCUT2D eigenvalue weighted by atomic mass is 9.91. The number of nitrogens with zero attached hydrogens (tertiary/aromatic N) is 1. The molecule has 0 atom stereocenters. The normalized spacial score (nSPS) is 12.3. The third-order valence-corrected chi connectivity index (χ3v) is 8.98. The van der Waals surface area contributed by atoms with Crippen molar-refractivity contribution in [2.45, 2.75) is 20.8 Å². The van der Waals surface area contributed by atoms with Crippen LogP contribution in [0.1, 0.15) is 23.6 Å². The van der Waals surface area contributed by atoms with Crippen LogP contribution in [-0.2, 0) is 0 Å². The van der Waals surface area contributed by atoms with Gasteiger partial charge in [0.15, 0.2) is 0 Å². The van der Waals surface area contributed by atoms with Gasteiger partial charge in [-0.2, -0.15) is 0 Å². The largest absolute Gasteiger partial charge is 0.309 e. The van der Waals surface area contributed by atoms with Gasteiger partial charge in [0.25, 0.3) is 0 Å². The zero-order valence-corrected chi connectivity index (χ0v) is 23.2. The molecule has 5 aromatic carbocycles. The summed E-state index contributed by atoms with van der Waals surface area (Å²) in [6, 6.07) is 35.7. The summed E-state index contributed by atoms with van der Waals surface area (Å²) in [4.78, 5) is 0. The Bertz CT molecular complexity index is 2080. The average molecular weight is 520 g/mol. The average Bonchev–Trinajstić information content (AvgIpc) is 3.50. The first kappa shape index (κ1) is 23.7. The van der Waals surface area contributed by atoms with Crippen LogP contribution >= 0.6 is 11.3 Å². The van der Waals surface area contributed by atoms with E-state index in [1.165, 1.54) is 75.5 Å². The smallest absolute Gasteiger partial charge is 0.0555 e. The van der Waals surface area contributed by atoms with Gasteiger partial charge < -0.3 is 4.57 Å². The van der Waals surface area contributed by atoms with Gasteiger partial charge in [0.05, 0.1) is 11.0 Å². The highest BCUT2D eigenvalue weighted by molar-refractivity contribution is 7.26. The Morgan fingerprint density at radius 1 is 0.667 bits per heavy atom. The lowest BCUT2D eigenvalue weighted by Crippen LogP contribution is -1.94. The van der Waals surface area contributed by atoms with Gasteiger partial charge in [0, 0.05) is 36.6 Å². The molecule has 0 spiro atoms. The lowest BCUT2D eigenvalue weighted by Gasteiger charge is -2.14. The molecule has 39 heavy (non-hydrogen) atoms. The second kappa shape index (κ2) is 9.41. The molecule has 0 radical (unpaired) electrons. The summed E-state index contributed by atoms with van der Waals surface area (Å²) >= 11 is 1.91. The number of hydrogen-bond donors (Lipinski definition) is 0. The lowest BCUT2D eigenvalue weighted by molar-refractivity contribution is 1.18. The highest BCUT2D eigenvalue weighted by Gasteiger charge is 2.22. The van der Waals surface area contributed by atoms with Crippen LogP contribution in [0.25, 0.3) is 64.9 Å². The van der Waals surface area contributed by atoms with E-state index in [2.05, 4.69) is 140 Å². The Morgan fingerprint density at radius 3 is 2.26 bits per heavy atom. The van der Waals surface area contributed by atoms with Gasteiger partial charge in [-0.15, -0.1) is 11.3 Å². The first-order valence-electron chi connectivity index (χ1n) is 13.5. The van der Waals surface area contributed by atoms with E-state index in [0.29, 0.717) is 0 Å². The molecule has 0 saturated heterocycles. The van der Waals surface area contributed by atoms with Crippen LogP contribution in [0.4, 0.5) is 0 Å². The van der Waals surface area contributed by atoms with Crippen molar-refractivity contribution in [1.82, 2.24) is 4.57 Å². The Labute approximate surface area is 233 Å². The van der Waals surface area contributed by atoms with Gasteiger partial charge in [0.2, 0.25) is 0 Å². The first-order valence-corrected chi connectivity index (χ1v) is 14.3. The first-order chi connectivity index (χ1) is 19.2. The summed E-state index contributed by atoms with van der Waals surface area (Å²) in [6.07, 6.45) is 8.40. The Hall–Kier alpha value is -4.40. The van der Waals surface area contributed by atoms with Crippen molar-refractivity contribution < 1.29 is 0 Å². The summed E-state index contributed by atoms with van der Waals surface area (Å²) in [5.41, 5.74) is 10.1. The van der Waals surface area contributed by atoms with Gasteiger partial charge >= 0.3 is 0 Å². The minimum Gasteiger partial charge on any atom is -0.309 e. The molecular weight excluding hydrogens is 490 g/mol. The zero-order chi connectivity index (χ0) is 26.5. The number of allylic oxidation sites excluding steroid dienone is 3. The topological polar surface area (TPSA) is 4.93 Å². The van der Waals surface area contributed by atoms with Gasteiger partial charge in [-0.25, -0.2) is 0 Å². The molecule has 0 aliphatic rings. The third-order valence-electron chi connectivity index (χ3n) is 7.77. The van der Waals surface area contributed by atoms with E-state index in [1.54, 1.807) is 0 Å². The van der Waals surface area contributed by atoms with Crippen molar-refractivity contribution in [2.24, 2.45) is 0 Å². The minimum atomic E-state index is 1.19. The third kappa shape index (κ3) is 3.75. The van der Waals surface area contributed by atoms with Crippen LogP contribution in [-0.4, -0.2) is 4.57 Å². The quantitative estimate of drug-likeness (QED) is 0.204. The molecule has 0 N–H and O–H groups in total. The molecule has 2 heteroatoms. The summed E-state index contributed by atoms with van der Waals surface area (Å²) in [5.74, 6) is 0. The second-order valence-electron chi connectivity index (χ2n) is 10.2. The van der Waals surface area contributed by atoms with E-state index in [4.69, 9.17) is 0 Å². The van der Waals surface area contributed by atoms with Crippen molar-refractivity contribution in [1.29, 1.82) is 0 Å². The number of benzene rings is 5. The van der Waals surface area contributed by atoms with E-state index in [0.717, 1.165) is 0 Å². The highest BCUT2D eigenvalue weighted by Crippen LogP contribution is 2.47. The molecule has 7 rings (SSSR count). The van der Waals surface area contributed by atoms with Gasteiger partial charge in [-0.3, -0.25) is 0 Å². The van der Waals surface area contributed by atoms with Gasteiger partial charge in [-0.1, -0.05) is 91.0 Å². The van der Waals surface area contributed by atoms with Crippen LogP contribution in [0.5, 0.6) is 0 Å². The number of fused-ring (bicyclic) bond motifs is 7. The molecular formula is C37H29NS. The fourth-order valence-electron chi connectivity index (χ4n) is 6.02. The van der Waals surface area contributed by atoms with Crippen molar-refractivity contribution in [3.8, 4) is 16.8 Å². The maximum atomic E-state index is 2.45. The Kier molecular flexibility index (Phi) is 5.72. The minimum absolute atomic E-state index is 1.19. The van der Waals surface area contributed by atoms with Crippen LogP contribution in [0.2, 0.25) is 0 Å². The standard InChI is InChI=1S/C37H29NS/c1-4-5-7-12-26-18-19-28(25(3)23-26)34-24(2)17-21-31-35(34)36-32(38(31)27-13-8-6-9-14-27)22-20-30-29-15-10-11-16-33(29)39-37(30)36/h4-23H,1-3H3/b5-4-,12-7-. The van der Waals surface area contributed by atoms with E-state index < -0.39 is 0 Å². The van der Waals surface area contributed by atoms with E-state index >= 15 is 0 Å². The van der Waals surface area contributed by atoms with Crippen LogP contribution in [0, 0.1) is 13.8 Å². The SMILES string of the molecule is C/C=C\C=C/c1ccc(-c2c(C)ccc3c2c2c4sc5ccccc5c4ccc2n3-c2ccccc2)c(C)c1. The van der Waals surface area contributed by atoms with Crippen LogP contribution in [0.15, 0.2) is 115 Å². The van der Waals surface area contributed by atoms with E-state index in [1.807, 2.05) is 18.3 Å². The van der Waals surface area contributed by atoms with E-state index in [-0.39, 0.29) is 0 Å². The van der Waals surface area contributed by atoms with Gasteiger partial charge in [0.1, 0.15) is 0 Å². The predicted molar refractivity (Wildman–Crippen MR) is 172 cm³/mol. The summed E-state index contributed by atoms with van der Waals surface area (Å²) < 4.78 is 5.15. The molecule has 0 saturated carbocycles. The van der Waals surface area contributed by atoms with Crippen LogP contribution < -0.4 is 0 Å². The summed E-state index contributed by atoms with van der Waals surface area (Å²) in [5, 5.41) is 5.36. The summed E-state index contributed by atoms with van der Waals surface area (Å²) in [6.45, 7) is 6.54. The number of thiophene rings is 1. The highest BCUT2D eigenvalue weighted by atomic mass is 32.1. The van der Waals surface area contributed by atoms with Crippen molar-refractivity contribution in [2.75, 3.05) is 0 Å². The van der Waals surface area contributed by atoms with Crippen molar-refractivity contribution in [3.05, 3.63) is 132 Å². The Balaban J connectivity index is 1.63. The van der Waals surface area contributed by atoms with Gasteiger partial charge in [-0.05, 0) is 78.9 Å². The molecule has 2 aromatic heterocycles. The van der Waals surface area contributed by atoms with Crippen LogP contribution in [0.3, 0.4) is 0 Å². The fourth-order valence-corrected chi connectivity index (χ4v) is 7.27. The monoisotopic (exact) mass is 519 g/mol. The molecule has 0 amide bonds. The number of para-hydroxylation sites is 1. The van der Waals surface area contributed by atoms with E-state index in [9.17, 15) is 0 Å². The van der Waals surface area contributed by atoms with Crippen molar-refractivity contribution in [3.63, 3.8) is 0 Å². The molecule has 0 aliphatic heterocycles. The maximum Gasteiger partial charge on any atom is 0.0555 e. The zero-order valence-electron chi connectivity index (χ0n) is 22.4. The van der Waals surface area contributed by atoms with Crippen molar-refractivity contribution >= 4 is 59.4 Å². The number of aryl methyl sites for hydroxylation is 2. The Morgan fingerprint density at radius 2 is 1.44 bits per heavy atom. The molecule has 1 nitrogen and oxygen atoms in total. The molecule has 2 heterocycles.